The second-order valence-corrected chi connectivity index (χ2v) is 9.95. The number of carbonyl (C=O) groups excluding carboxylic acids is 2. The third kappa shape index (κ3) is 20.3. The Morgan fingerprint density at radius 1 is 0.543 bits per heavy atom. The van der Waals surface area contributed by atoms with Crippen molar-refractivity contribution < 1.29 is 19.8 Å². The van der Waals surface area contributed by atoms with Crippen molar-refractivity contribution in [2.45, 2.75) is 134 Å². The van der Waals surface area contributed by atoms with Crippen LogP contribution < -0.4 is 10.6 Å². The van der Waals surface area contributed by atoms with Crippen LogP contribution in [-0.2, 0) is 9.59 Å². The van der Waals surface area contributed by atoms with Crippen molar-refractivity contribution in [3.63, 3.8) is 0 Å². The van der Waals surface area contributed by atoms with Gasteiger partial charge in [0.1, 0.15) is 0 Å². The number of hydrogen-bond acceptors (Lipinski definition) is 4. The van der Waals surface area contributed by atoms with E-state index < -0.39 is 0 Å². The minimum absolute atomic E-state index is 0.0488. The summed E-state index contributed by atoms with van der Waals surface area (Å²) in [6.07, 6.45) is 28.5. The van der Waals surface area contributed by atoms with Crippen molar-refractivity contribution in [3.05, 3.63) is 24.3 Å². The summed E-state index contributed by atoms with van der Waals surface area (Å²) < 4.78 is 0. The molecule has 35 heavy (non-hydrogen) atoms. The summed E-state index contributed by atoms with van der Waals surface area (Å²) in [5, 5.41) is 23.4. The van der Waals surface area contributed by atoms with Crippen LogP contribution in [0.4, 0.5) is 0 Å². The van der Waals surface area contributed by atoms with Crippen LogP contribution in [0.5, 0.6) is 0 Å². The second kappa shape index (κ2) is 22.8. The van der Waals surface area contributed by atoms with E-state index in [0.29, 0.717) is 13.2 Å². The van der Waals surface area contributed by atoms with Gasteiger partial charge in [0.25, 0.3) is 0 Å². The fraction of sp³-hybridized carbons (Fsp3) is 0.793. The third-order valence-electron chi connectivity index (χ3n) is 6.54. The van der Waals surface area contributed by atoms with Gasteiger partial charge in [0.15, 0.2) is 0 Å². The van der Waals surface area contributed by atoms with Gasteiger partial charge in [0.05, 0.1) is 12.1 Å². The first-order valence-corrected chi connectivity index (χ1v) is 14.3. The minimum atomic E-state index is -0.0698. The number of aliphatic hydroxyl groups is 2. The lowest BCUT2D eigenvalue weighted by Crippen LogP contribution is -2.33. The van der Waals surface area contributed by atoms with Crippen molar-refractivity contribution in [1.82, 2.24) is 10.6 Å². The van der Waals surface area contributed by atoms with E-state index in [-0.39, 0.29) is 23.9 Å². The first-order chi connectivity index (χ1) is 17.2. The van der Waals surface area contributed by atoms with E-state index >= 15 is 0 Å². The Morgan fingerprint density at radius 3 is 1.20 bits per heavy atom. The summed E-state index contributed by atoms with van der Waals surface area (Å²) in [5.74, 6) is -0.140. The largest absolute Gasteiger partial charge is 0.396 e. The van der Waals surface area contributed by atoms with E-state index in [1.807, 2.05) is 12.2 Å². The molecule has 0 aliphatic heterocycles. The minimum Gasteiger partial charge on any atom is -0.396 e. The monoisotopic (exact) mass is 492 g/mol. The molecule has 1 saturated carbocycles. The molecule has 4 N–H and O–H groups in total. The zero-order chi connectivity index (χ0) is 25.4. The van der Waals surface area contributed by atoms with Crippen LogP contribution >= 0.6 is 0 Å². The molecule has 1 rings (SSSR count). The van der Waals surface area contributed by atoms with Gasteiger partial charge in [-0.05, 0) is 57.1 Å². The number of carbonyl (C=O) groups is 2. The maximum Gasteiger partial charge on any atom is 0.243 e. The first-order valence-electron chi connectivity index (χ1n) is 14.3. The summed E-state index contributed by atoms with van der Waals surface area (Å²) in [4.78, 5) is 24.0. The molecule has 0 aromatic carbocycles. The molecule has 0 saturated heterocycles. The van der Waals surface area contributed by atoms with Gasteiger partial charge in [-0.2, -0.15) is 0 Å². The maximum absolute atomic E-state index is 12.0. The second-order valence-electron chi connectivity index (χ2n) is 9.95. The van der Waals surface area contributed by atoms with Crippen LogP contribution in [0.25, 0.3) is 0 Å². The standard InChI is InChI=1S/C29H52N2O4/c32-23-19-15-11-7-3-1-5-9-13-17-21-28(34)30-26-25-27(26)31-29(35)22-18-14-10-6-2-4-8-12-16-20-24-33/h17-18,21-22,26-27,32-33H,1-16,19-20,23-25H2,(H,30,34)(H,31,35). The number of allylic oxidation sites excluding steroid dienone is 2. The van der Waals surface area contributed by atoms with E-state index in [1.165, 1.54) is 64.2 Å². The number of amides is 2. The molecule has 6 nitrogen and oxygen atoms in total. The lowest BCUT2D eigenvalue weighted by atomic mass is 10.1. The van der Waals surface area contributed by atoms with Crippen molar-refractivity contribution >= 4 is 11.8 Å². The number of hydrogen-bond donors (Lipinski definition) is 4. The average molecular weight is 493 g/mol. The maximum atomic E-state index is 12.0. The number of rotatable bonds is 24. The van der Waals surface area contributed by atoms with E-state index in [0.717, 1.165) is 57.8 Å². The van der Waals surface area contributed by atoms with Crippen LogP contribution in [0, 0.1) is 0 Å². The highest BCUT2D eigenvalue weighted by molar-refractivity contribution is 5.89. The first kappa shape index (κ1) is 31.4. The topological polar surface area (TPSA) is 98.7 Å². The molecule has 0 radical (unpaired) electrons. The highest BCUT2D eigenvalue weighted by atomic mass is 16.3. The normalized spacial score (nSPS) is 17.3. The summed E-state index contributed by atoms with van der Waals surface area (Å²) in [6, 6.07) is 0.0976. The smallest absolute Gasteiger partial charge is 0.243 e. The van der Waals surface area contributed by atoms with Gasteiger partial charge >= 0.3 is 0 Å². The predicted molar refractivity (Wildman–Crippen MR) is 144 cm³/mol. The number of unbranched alkanes of at least 4 members (excludes halogenated alkanes) is 16. The van der Waals surface area contributed by atoms with E-state index in [2.05, 4.69) is 10.6 Å². The van der Waals surface area contributed by atoms with Crippen molar-refractivity contribution in [2.75, 3.05) is 13.2 Å². The molecular weight excluding hydrogens is 440 g/mol. The molecule has 0 aromatic rings. The van der Waals surface area contributed by atoms with E-state index in [1.54, 1.807) is 12.2 Å². The van der Waals surface area contributed by atoms with Gasteiger partial charge in [0.2, 0.25) is 11.8 Å². The molecule has 2 amide bonds. The fourth-order valence-corrected chi connectivity index (χ4v) is 4.23. The quantitative estimate of drug-likeness (QED) is 0.106. The molecule has 1 fully saturated rings. The lowest BCUT2D eigenvalue weighted by Gasteiger charge is -2.03. The zero-order valence-corrected chi connectivity index (χ0v) is 22.0. The zero-order valence-electron chi connectivity index (χ0n) is 22.0. The Kier molecular flexibility index (Phi) is 20.4. The Labute approximate surface area is 214 Å². The average Bonchev–Trinajstić information content (AvgIpc) is 3.57. The molecule has 1 aliphatic rings. The third-order valence-corrected chi connectivity index (χ3v) is 6.54. The molecule has 0 heterocycles. The number of nitrogens with one attached hydrogen (secondary N) is 2. The summed E-state index contributed by atoms with van der Waals surface area (Å²) >= 11 is 0. The Balaban J connectivity index is 1.92. The Hall–Kier alpha value is -1.66. The SMILES string of the molecule is O=C(C=CCCCCCCCCCCO)NC1CC1NC(=O)C=CCCCCCCCCCCO. The van der Waals surface area contributed by atoms with Gasteiger partial charge < -0.3 is 20.8 Å². The molecule has 1 aliphatic carbocycles. The highest BCUT2D eigenvalue weighted by Gasteiger charge is 2.38. The van der Waals surface area contributed by atoms with Crippen molar-refractivity contribution in [3.8, 4) is 0 Å². The van der Waals surface area contributed by atoms with Gasteiger partial charge in [-0.25, -0.2) is 0 Å². The molecule has 0 spiro atoms. The van der Waals surface area contributed by atoms with Crippen LogP contribution in [-0.4, -0.2) is 47.3 Å². The summed E-state index contributed by atoms with van der Waals surface area (Å²) in [6.45, 7) is 0.616. The molecular formula is C29H52N2O4. The fourth-order valence-electron chi connectivity index (χ4n) is 4.23. The Bertz CT molecular complexity index is 541. The Morgan fingerprint density at radius 2 is 0.857 bits per heavy atom. The molecule has 6 heteroatoms. The van der Waals surface area contributed by atoms with Crippen LogP contribution in [0.3, 0.4) is 0 Å². The van der Waals surface area contributed by atoms with E-state index in [4.69, 9.17) is 10.2 Å². The number of aliphatic hydroxyl groups excluding tert-OH is 2. The molecule has 202 valence electrons. The lowest BCUT2D eigenvalue weighted by molar-refractivity contribution is -0.118. The van der Waals surface area contributed by atoms with Crippen molar-refractivity contribution in [1.29, 1.82) is 0 Å². The molecule has 2 atom stereocenters. The highest BCUT2D eigenvalue weighted by Crippen LogP contribution is 2.21. The van der Waals surface area contributed by atoms with E-state index in [9.17, 15) is 9.59 Å². The predicted octanol–water partition coefficient (Wildman–Crippen LogP) is 5.48. The molecule has 2 unspecified atom stereocenters. The summed E-state index contributed by atoms with van der Waals surface area (Å²) in [5.41, 5.74) is 0. The summed E-state index contributed by atoms with van der Waals surface area (Å²) in [7, 11) is 0. The van der Waals surface area contributed by atoms with Crippen LogP contribution in [0.15, 0.2) is 24.3 Å². The van der Waals surface area contributed by atoms with Gasteiger partial charge in [-0.15, -0.1) is 0 Å². The van der Waals surface area contributed by atoms with Crippen LogP contribution in [0.1, 0.15) is 122 Å². The van der Waals surface area contributed by atoms with Crippen molar-refractivity contribution in [2.24, 2.45) is 0 Å². The van der Waals surface area contributed by atoms with Crippen LogP contribution in [0.2, 0.25) is 0 Å². The van der Waals surface area contributed by atoms with Gasteiger partial charge in [-0.1, -0.05) is 89.2 Å². The molecule has 0 bridgehead atoms. The van der Waals surface area contributed by atoms with Gasteiger partial charge in [-0.3, -0.25) is 9.59 Å². The molecule has 0 aromatic heterocycles. The van der Waals surface area contributed by atoms with Gasteiger partial charge in [0, 0.05) is 13.2 Å².